The molecule has 1 atom stereocenters. The van der Waals surface area contributed by atoms with E-state index in [2.05, 4.69) is 5.32 Å². The molecule has 0 aliphatic heterocycles. The lowest BCUT2D eigenvalue weighted by Crippen LogP contribution is -2.20. The van der Waals surface area contributed by atoms with Gasteiger partial charge in [-0.25, -0.2) is 4.39 Å². The predicted molar refractivity (Wildman–Crippen MR) is 73.5 cm³/mol. The third-order valence-electron chi connectivity index (χ3n) is 3.30. The molecule has 21 heavy (non-hydrogen) atoms. The van der Waals surface area contributed by atoms with Crippen molar-refractivity contribution in [2.45, 2.75) is 19.1 Å². The van der Waals surface area contributed by atoms with Gasteiger partial charge in [-0.1, -0.05) is 29.8 Å². The second-order valence-corrected chi connectivity index (χ2v) is 4.87. The molecule has 1 unspecified atom stereocenters. The topological polar surface area (TPSA) is 12.0 Å². The molecule has 1 N–H and O–H groups in total. The van der Waals surface area contributed by atoms with Gasteiger partial charge in [-0.15, -0.1) is 0 Å². The third kappa shape index (κ3) is 3.42. The van der Waals surface area contributed by atoms with Crippen LogP contribution in [-0.2, 0) is 6.18 Å². The van der Waals surface area contributed by atoms with E-state index in [1.807, 2.05) is 6.92 Å². The monoisotopic (exact) mass is 297 g/mol. The maximum absolute atomic E-state index is 14.0. The lowest BCUT2D eigenvalue weighted by atomic mass is 9.95. The Hall–Kier alpha value is -1.88. The number of rotatable bonds is 3. The van der Waals surface area contributed by atoms with E-state index < -0.39 is 23.6 Å². The van der Waals surface area contributed by atoms with Gasteiger partial charge in [0.1, 0.15) is 5.82 Å². The van der Waals surface area contributed by atoms with Gasteiger partial charge in [0.15, 0.2) is 0 Å². The summed E-state index contributed by atoms with van der Waals surface area (Å²) in [4.78, 5) is 0. The van der Waals surface area contributed by atoms with Crippen LogP contribution >= 0.6 is 0 Å². The first-order valence-corrected chi connectivity index (χ1v) is 6.43. The molecule has 2 aromatic rings. The molecular formula is C16H15F4N. The highest BCUT2D eigenvalue weighted by Gasteiger charge is 2.31. The van der Waals surface area contributed by atoms with Crippen molar-refractivity contribution in [2.24, 2.45) is 0 Å². The summed E-state index contributed by atoms with van der Waals surface area (Å²) in [6, 6.07) is 8.88. The summed E-state index contributed by atoms with van der Waals surface area (Å²) in [5, 5.41) is 2.87. The molecule has 0 aliphatic rings. The van der Waals surface area contributed by atoms with E-state index >= 15 is 0 Å². The number of hydrogen-bond donors (Lipinski definition) is 1. The largest absolute Gasteiger partial charge is 0.416 e. The normalized spacial score (nSPS) is 13.2. The predicted octanol–water partition coefficient (Wildman–Crippen LogP) is 4.46. The molecule has 1 nitrogen and oxygen atoms in total. The van der Waals surface area contributed by atoms with Crippen molar-refractivity contribution in [1.82, 2.24) is 5.32 Å². The quantitative estimate of drug-likeness (QED) is 0.825. The van der Waals surface area contributed by atoms with Crippen molar-refractivity contribution < 1.29 is 17.6 Å². The summed E-state index contributed by atoms with van der Waals surface area (Å²) in [6.07, 6.45) is -4.42. The Morgan fingerprint density at radius 1 is 1.05 bits per heavy atom. The van der Waals surface area contributed by atoms with E-state index in [4.69, 9.17) is 0 Å². The van der Waals surface area contributed by atoms with Gasteiger partial charge in [0, 0.05) is 5.56 Å². The van der Waals surface area contributed by atoms with E-state index in [0.717, 1.165) is 17.7 Å². The minimum absolute atomic E-state index is 0.330. The van der Waals surface area contributed by atoms with Crippen molar-refractivity contribution >= 4 is 0 Å². The van der Waals surface area contributed by atoms with Crippen LogP contribution in [0.25, 0.3) is 0 Å². The second-order valence-electron chi connectivity index (χ2n) is 4.87. The fraction of sp³-hybridized carbons (Fsp3) is 0.250. The molecular weight excluding hydrogens is 282 g/mol. The summed E-state index contributed by atoms with van der Waals surface area (Å²) >= 11 is 0. The van der Waals surface area contributed by atoms with Crippen LogP contribution in [0, 0.1) is 12.7 Å². The van der Waals surface area contributed by atoms with Crippen LogP contribution in [0.2, 0.25) is 0 Å². The molecule has 2 aromatic carbocycles. The average Bonchev–Trinajstić information content (AvgIpc) is 2.43. The minimum Gasteiger partial charge on any atom is -0.309 e. The van der Waals surface area contributed by atoms with E-state index in [9.17, 15) is 17.6 Å². The standard InChI is InChI=1S/C16H15F4N/c1-10-6-7-14(17)13(8-10)15(21-2)11-4-3-5-12(9-11)16(18,19)20/h3-9,15,21H,1-2H3. The highest BCUT2D eigenvalue weighted by atomic mass is 19.4. The summed E-state index contributed by atoms with van der Waals surface area (Å²) < 4.78 is 52.3. The fourth-order valence-corrected chi connectivity index (χ4v) is 2.28. The first-order chi connectivity index (χ1) is 9.82. The van der Waals surface area contributed by atoms with Crippen molar-refractivity contribution in [2.75, 3.05) is 7.05 Å². The van der Waals surface area contributed by atoms with Crippen LogP contribution in [0.5, 0.6) is 0 Å². The smallest absolute Gasteiger partial charge is 0.309 e. The molecule has 2 rings (SSSR count). The second kappa shape index (κ2) is 5.85. The molecule has 0 saturated heterocycles. The van der Waals surface area contributed by atoms with Gasteiger partial charge in [0.05, 0.1) is 11.6 Å². The summed E-state index contributed by atoms with van der Waals surface area (Å²) in [5.74, 6) is -0.447. The van der Waals surface area contributed by atoms with Crippen LogP contribution < -0.4 is 5.32 Å². The van der Waals surface area contributed by atoms with E-state index in [1.54, 1.807) is 25.2 Å². The van der Waals surface area contributed by atoms with Crippen molar-refractivity contribution in [3.63, 3.8) is 0 Å². The maximum atomic E-state index is 14.0. The lowest BCUT2D eigenvalue weighted by Gasteiger charge is -2.19. The number of benzene rings is 2. The molecule has 0 bridgehead atoms. The van der Waals surface area contributed by atoms with E-state index in [-0.39, 0.29) is 0 Å². The molecule has 0 radical (unpaired) electrons. The molecule has 0 aromatic heterocycles. The average molecular weight is 297 g/mol. The number of alkyl halides is 3. The molecule has 0 amide bonds. The summed E-state index contributed by atoms with van der Waals surface area (Å²) in [5.41, 5.74) is 0.806. The van der Waals surface area contributed by atoms with Crippen molar-refractivity contribution in [3.05, 3.63) is 70.5 Å². The van der Waals surface area contributed by atoms with Gasteiger partial charge >= 0.3 is 6.18 Å². The molecule has 0 saturated carbocycles. The Balaban J connectivity index is 2.49. The Bertz CT molecular complexity index is 634. The van der Waals surface area contributed by atoms with E-state index in [1.165, 1.54) is 12.1 Å². The fourth-order valence-electron chi connectivity index (χ4n) is 2.28. The van der Waals surface area contributed by atoms with Crippen LogP contribution in [0.3, 0.4) is 0 Å². The zero-order valence-electron chi connectivity index (χ0n) is 11.6. The minimum atomic E-state index is -4.42. The number of nitrogens with one attached hydrogen (secondary N) is 1. The van der Waals surface area contributed by atoms with Gasteiger partial charge in [0.2, 0.25) is 0 Å². The highest BCUT2D eigenvalue weighted by molar-refractivity contribution is 5.37. The van der Waals surface area contributed by atoms with Gasteiger partial charge in [-0.2, -0.15) is 13.2 Å². The Kier molecular flexibility index (Phi) is 4.32. The van der Waals surface area contributed by atoms with Crippen molar-refractivity contribution in [1.29, 1.82) is 0 Å². The maximum Gasteiger partial charge on any atom is 0.416 e. The van der Waals surface area contributed by atoms with Crippen LogP contribution in [-0.4, -0.2) is 7.05 Å². The van der Waals surface area contributed by atoms with Gasteiger partial charge in [-0.05, 0) is 37.7 Å². The molecule has 112 valence electrons. The first kappa shape index (κ1) is 15.5. The van der Waals surface area contributed by atoms with Gasteiger partial charge < -0.3 is 5.32 Å². The number of aryl methyl sites for hydroxylation is 1. The zero-order chi connectivity index (χ0) is 15.6. The Morgan fingerprint density at radius 3 is 2.38 bits per heavy atom. The SMILES string of the molecule is CNC(c1cccc(C(F)(F)F)c1)c1cc(C)ccc1F. The van der Waals surface area contributed by atoms with Crippen LogP contribution in [0.15, 0.2) is 42.5 Å². The zero-order valence-corrected chi connectivity index (χ0v) is 11.6. The third-order valence-corrected chi connectivity index (χ3v) is 3.30. The molecule has 0 fully saturated rings. The molecule has 0 heterocycles. The van der Waals surface area contributed by atoms with Crippen LogP contribution in [0.4, 0.5) is 17.6 Å². The molecule has 0 aliphatic carbocycles. The molecule has 5 heteroatoms. The molecule has 0 spiro atoms. The highest BCUT2D eigenvalue weighted by Crippen LogP contribution is 2.32. The lowest BCUT2D eigenvalue weighted by molar-refractivity contribution is -0.137. The first-order valence-electron chi connectivity index (χ1n) is 6.43. The van der Waals surface area contributed by atoms with Crippen molar-refractivity contribution in [3.8, 4) is 0 Å². The number of halogens is 4. The van der Waals surface area contributed by atoms with Gasteiger partial charge in [0.25, 0.3) is 0 Å². The summed E-state index contributed by atoms with van der Waals surface area (Å²) in [6.45, 7) is 1.81. The van der Waals surface area contributed by atoms with Crippen LogP contribution in [0.1, 0.15) is 28.3 Å². The van der Waals surface area contributed by atoms with E-state index in [0.29, 0.717) is 11.1 Å². The van der Waals surface area contributed by atoms with Gasteiger partial charge in [-0.3, -0.25) is 0 Å². The summed E-state index contributed by atoms with van der Waals surface area (Å²) in [7, 11) is 1.59. The Morgan fingerprint density at radius 2 is 1.76 bits per heavy atom. The number of hydrogen-bond acceptors (Lipinski definition) is 1. The Labute approximate surface area is 120 Å².